The Hall–Kier alpha value is -2.27. The van der Waals surface area contributed by atoms with Crippen molar-refractivity contribution < 1.29 is 14.3 Å². The molecule has 0 aliphatic carbocycles. The maximum atomic E-state index is 12.5. The summed E-state index contributed by atoms with van der Waals surface area (Å²) in [5.41, 5.74) is 2.82. The highest BCUT2D eigenvalue weighted by Crippen LogP contribution is 2.45. The Balaban J connectivity index is 1.59. The molecule has 1 amide bonds. The largest absolute Gasteiger partial charge is 0.496 e. The fourth-order valence-corrected chi connectivity index (χ4v) is 4.00. The zero-order valence-corrected chi connectivity index (χ0v) is 13.9. The highest BCUT2D eigenvalue weighted by Gasteiger charge is 2.43. The number of carbonyl (C=O) groups is 1. The van der Waals surface area contributed by atoms with E-state index in [1.54, 1.807) is 13.3 Å². The van der Waals surface area contributed by atoms with E-state index in [-0.39, 0.29) is 11.5 Å². The highest BCUT2D eigenvalue weighted by molar-refractivity contribution is 5.92. The standard InChI is InChI=1S/C19H22N2O3/c1-23-16-6-2-4-14-7-13-24-19(17(14)16)8-11-21(12-9-19)18(22)15-5-3-10-20-15/h2-6,10,20H,7-9,11-13H2,1H3. The van der Waals surface area contributed by atoms with Crippen LogP contribution in [-0.2, 0) is 16.8 Å². The van der Waals surface area contributed by atoms with Gasteiger partial charge in [0.15, 0.2) is 0 Å². The number of carbonyl (C=O) groups excluding carboxylic acids is 1. The summed E-state index contributed by atoms with van der Waals surface area (Å²) in [6, 6.07) is 9.89. The number of aromatic amines is 1. The van der Waals surface area contributed by atoms with E-state index >= 15 is 0 Å². The third-order valence-corrected chi connectivity index (χ3v) is 5.22. The summed E-state index contributed by atoms with van der Waals surface area (Å²) in [5, 5.41) is 0. The second-order valence-corrected chi connectivity index (χ2v) is 6.46. The van der Waals surface area contributed by atoms with E-state index in [1.807, 2.05) is 29.2 Å². The van der Waals surface area contributed by atoms with E-state index in [4.69, 9.17) is 9.47 Å². The molecule has 0 radical (unpaired) electrons. The van der Waals surface area contributed by atoms with Gasteiger partial charge in [-0.05, 0) is 43.0 Å². The van der Waals surface area contributed by atoms with Crippen molar-refractivity contribution in [2.45, 2.75) is 24.9 Å². The van der Waals surface area contributed by atoms with Gasteiger partial charge in [0, 0.05) is 24.8 Å². The van der Waals surface area contributed by atoms with Crippen LogP contribution in [0.15, 0.2) is 36.5 Å². The summed E-state index contributed by atoms with van der Waals surface area (Å²) >= 11 is 0. The molecule has 1 aromatic heterocycles. The van der Waals surface area contributed by atoms with Gasteiger partial charge >= 0.3 is 0 Å². The lowest BCUT2D eigenvalue weighted by molar-refractivity contribution is -0.0947. The molecule has 1 N–H and O–H groups in total. The Morgan fingerprint density at radius 2 is 2.08 bits per heavy atom. The van der Waals surface area contributed by atoms with E-state index in [0.29, 0.717) is 18.8 Å². The molecule has 1 spiro atoms. The SMILES string of the molecule is COc1cccc2c1C1(CCN(C(=O)c3ccc[nH]3)CC1)OCC2. The molecule has 0 atom stereocenters. The molecule has 5 nitrogen and oxygen atoms in total. The van der Waals surface area contributed by atoms with Crippen LogP contribution in [-0.4, -0.2) is 42.6 Å². The molecule has 24 heavy (non-hydrogen) atoms. The number of H-pyrrole nitrogens is 1. The van der Waals surface area contributed by atoms with Crippen LogP contribution in [0.4, 0.5) is 0 Å². The number of hydrogen-bond donors (Lipinski definition) is 1. The van der Waals surface area contributed by atoms with Gasteiger partial charge in [-0.2, -0.15) is 0 Å². The fourth-order valence-electron chi connectivity index (χ4n) is 4.00. The molecule has 1 aromatic carbocycles. The Labute approximate surface area is 141 Å². The van der Waals surface area contributed by atoms with Crippen molar-refractivity contribution in [3.8, 4) is 5.75 Å². The zero-order valence-electron chi connectivity index (χ0n) is 13.9. The predicted molar refractivity (Wildman–Crippen MR) is 90.3 cm³/mol. The number of nitrogens with one attached hydrogen (secondary N) is 1. The van der Waals surface area contributed by atoms with Gasteiger partial charge in [0.25, 0.3) is 5.91 Å². The lowest BCUT2D eigenvalue weighted by atomic mass is 9.78. The smallest absolute Gasteiger partial charge is 0.270 e. The number of ether oxygens (including phenoxy) is 2. The van der Waals surface area contributed by atoms with Gasteiger partial charge in [-0.3, -0.25) is 4.79 Å². The predicted octanol–water partition coefficient (Wildman–Crippen LogP) is 2.73. The first kappa shape index (κ1) is 15.3. The number of piperidine rings is 1. The second kappa shape index (κ2) is 5.98. The van der Waals surface area contributed by atoms with E-state index in [1.165, 1.54) is 11.1 Å². The number of hydrogen-bond acceptors (Lipinski definition) is 3. The number of fused-ring (bicyclic) bond motifs is 2. The van der Waals surface area contributed by atoms with Crippen LogP contribution >= 0.6 is 0 Å². The Kier molecular flexibility index (Phi) is 3.81. The van der Waals surface area contributed by atoms with E-state index in [9.17, 15) is 4.79 Å². The summed E-state index contributed by atoms with van der Waals surface area (Å²) in [7, 11) is 1.71. The minimum Gasteiger partial charge on any atom is -0.496 e. The molecule has 2 aliphatic rings. The molecule has 2 aliphatic heterocycles. The van der Waals surface area contributed by atoms with Crippen molar-refractivity contribution in [2.75, 3.05) is 26.8 Å². The summed E-state index contributed by atoms with van der Waals surface area (Å²) in [6.45, 7) is 2.11. The average Bonchev–Trinajstić information content (AvgIpc) is 3.16. The van der Waals surface area contributed by atoms with Gasteiger partial charge in [0.1, 0.15) is 17.0 Å². The van der Waals surface area contributed by atoms with Gasteiger partial charge in [-0.15, -0.1) is 0 Å². The van der Waals surface area contributed by atoms with Crippen molar-refractivity contribution >= 4 is 5.91 Å². The van der Waals surface area contributed by atoms with E-state index in [2.05, 4.69) is 11.1 Å². The topological polar surface area (TPSA) is 54.6 Å². The number of nitrogens with zero attached hydrogens (tertiary/aromatic N) is 1. The monoisotopic (exact) mass is 326 g/mol. The summed E-state index contributed by atoms with van der Waals surface area (Å²) in [6.07, 6.45) is 4.29. The van der Waals surface area contributed by atoms with Crippen LogP contribution in [0.2, 0.25) is 0 Å². The van der Waals surface area contributed by atoms with E-state index in [0.717, 1.165) is 31.6 Å². The van der Waals surface area contributed by atoms with Crippen LogP contribution in [0, 0.1) is 0 Å². The first-order valence-electron chi connectivity index (χ1n) is 8.46. The maximum Gasteiger partial charge on any atom is 0.270 e. The lowest BCUT2D eigenvalue weighted by Gasteiger charge is -2.45. The second-order valence-electron chi connectivity index (χ2n) is 6.46. The minimum atomic E-state index is -0.327. The Morgan fingerprint density at radius 3 is 2.79 bits per heavy atom. The number of amides is 1. The lowest BCUT2D eigenvalue weighted by Crippen LogP contribution is -2.48. The minimum absolute atomic E-state index is 0.0610. The summed E-state index contributed by atoms with van der Waals surface area (Å²) in [4.78, 5) is 17.4. The van der Waals surface area contributed by atoms with Crippen LogP contribution < -0.4 is 4.74 Å². The molecular weight excluding hydrogens is 304 g/mol. The van der Waals surface area contributed by atoms with Crippen molar-refractivity contribution in [1.82, 2.24) is 9.88 Å². The molecule has 0 bridgehead atoms. The molecule has 3 heterocycles. The molecule has 126 valence electrons. The third kappa shape index (κ3) is 2.40. The van der Waals surface area contributed by atoms with Crippen molar-refractivity contribution in [3.63, 3.8) is 0 Å². The number of methoxy groups -OCH3 is 1. The normalized spacial score (nSPS) is 19.1. The fraction of sp³-hybridized carbons (Fsp3) is 0.421. The molecule has 4 rings (SSSR count). The molecular formula is C19H22N2O3. The number of rotatable bonds is 2. The van der Waals surface area contributed by atoms with Gasteiger partial charge in [0.2, 0.25) is 0 Å². The number of benzene rings is 1. The molecule has 2 aromatic rings. The molecule has 0 saturated carbocycles. The van der Waals surface area contributed by atoms with Crippen molar-refractivity contribution in [3.05, 3.63) is 53.3 Å². The third-order valence-electron chi connectivity index (χ3n) is 5.22. The first-order valence-corrected chi connectivity index (χ1v) is 8.46. The van der Waals surface area contributed by atoms with Crippen molar-refractivity contribution in [1.29, 1.82) is 0 Å². The van der Waals surface area contributed by atoms with Crippen LogP contribution in [0.25, 0.3) is 0 Å². The highest BCUT2D eigenvalue weighted by atomic mass is 16.5. The average molecular weight is 326 g/mol. The van der Waals surface area contributed by atoms with Crippen LogP contribution in [0.5, 0.6) is 5.75 Å². The molecule has 0 unspecified atom stereocenters. The van der Waals surface area contributed by atoms with Gasteiger partial charge in [0.05, 0.1) is 13.7 Å². The van der Waals surface area contributed by atoms with Crippen LogP contribution in [0.1, 0.15) is 34.5 Å². The van der Waals surface area contributed by atoms with Crippen molar-refractivity contribution in [2.24, 2.45) is 0 Å². The number of likely N-dealkylation sites (tertiary alicyclic amines) is 1. The zero-order chi connectivity index (χ0) is 16.6. The van der Waals surface area contributed by atoms with Gasteiger partial charge in [-0.1, -0.05) is 12.1 Å². The molecule has 1 fully saturated rings. The first-order chi connectivity index (χ1) is 11.7. The van der Waals surface area contributed by atoms with E-state index < -0.39 is 0 Å². The Morgan fingerprint density at radius 1 is 1.25 bits per heavy atom. The number of aromatic nitrogens is 1. The van der Waals surface area contributed by atoms with Gasteiger partial charge in [-0.25, -0.2) is 0 Å². The van der Waals surface area contributed by atoms with Crippen LogP contribution in [0.3, 0.4) is 0 Å². The summed E-state index contributed by atoms with van der Waals surface area (Å²) < 4.78 is 11.9. The molecule has 5 heteroatoms. The Bertz CT molecular complexity index is 717. The molecule has 1 saturated heterocycles. The van der Waals surface area contributed by atoms with Gasteiger partial charge < -0.3 is 19.4 Å². The quantitative estimate of drug-likeness (QED) is 0.923. The summed E-state index contributed by atoms with van der Waals surface area (Å²) in [5.74, 6) is 0.960. The maximum absolute atomic E-state index is 12.5.